The standard InChI is InChI=1S/C21H24F2N2OS/c1-27-17-7-5-16(6-8-17)21(26)9-10-24-11-13-25(14-12-24)15-18-19(22)3-2-4-20(18)23/h2-8H,9-15H2,1H3. The molecule has 1 aliphatic heterocycles. The molecule has 2 aromatic rings. The molecule has 3 nitrogen and oxygen atoms in total. The molecule has 0 aromatic heterocycles. The van der Waals surface area contributed by atoms with Gasteiger partial charge in [-0.3, -0.25) is 9.69 Å². The number of halogens is 2. The van der Waals surface area contributed by atoms with Crippen molar-refractivity contribution < 1.29 is 13.6 Å². The second kappa shape index (κ2) is 9.44. The Balaban J connectivity index is 1.44. The number of benzene rings is 2. The molecule has 1 saturated heterocycles. The second-order valence-corrected chi connectivity index (χ2v) is 7.60. The van der Waals surface area contributed by atoms with E-state index in [0.717, 1.165) is 36.6 Å². The van der Waals surface area contributed by atoms with E-state index in [1.165, 1.54) is 18.2 Å². The number of hydrogen-bond donors (Lipinski definition) is 0. The molecule has 3 rings (SSSR count). The quantitative estimate of drug-likeness (QED) is 0.525. The Bertz CT molecular complexity index is 754. The predicted octanol–water partition coefficient (Wildman–Crippen LogP) is 4.08. The Labute approximate surface area is 163 Å². The third-order valence-electron chi connectivity index (χ3n) is 4.98. The fourth-order valence-corrected chi connectivity index (χ4v) is 3.67. The van der Waals surface area contributed by atoms with Crippen LogP contribution < -0.4 is 0 Å². The van der Waals surface area contributed by atoms with Crippen molar-refractivity contribution in [1.82, 2.24) is 9.80 Å². The van der Waals surface area contributed by atoms with Crippen molar-refractivity contribution in [3.05, 3.63) is 65.2 Å². The van der Waals surface area contributed by atoms with E-state index in [1.54, 1.807) is 11.8 Å². The number of thioether (sulfide) groups is 1. The molecule has 2 aromatic carbocycles. The first-order valence-electron chi connectivity index (χ1n) is 9.11. The second-order valence-electron chi connectivity index (χ2n) is 6.72. The van der Waals surface area contributed by atoms with Gasteiger partial charge in [0.05, 0.1) is 0 Å². The first-order valence-corrected chi connectivity index (χ1v) is 10.3. The zero-order chi connectivity index (χ0) is 19.2. The van der Waals surface area contributed by atoms with Gasteiger partial charge >= 0.3 is 0 Å². The van der Waals surface area contributed by atoms with Gasteiger partial charge in [0.2, 0.25) is 0 Å². The normalized spacial score (nSPS) is 15.8. The number of hydrogen-bond acceptors (Lipinski definition) is 4. The smallest absolute Gasteiger partial charge is 0.164 e. The minimum absolute atomic E-state index is 0.134. The molecule has 0 aliphatic carbocycles. The summed E-state index contributed by atoms with van der Waals surface area (Å²) in [4.78, 5) is 17.8. The lowest BCUT2D eigenvalue weighted by molar-refractivity contribution is 0.0920. The molecular weight excluding hydrogens is 366 g/mol. The topological polar surface area (TPSA) is 23.6 Å². The van der Waals surface area contributed by atoms with E-state index >= 15 is 0 Å². The molecule has 1 heterocycles. The molecule has 0 radical (unpaired) electrons. The highest BCUT2D eigenvalue weighted by molar-refractivity contribution is 7.98. The molecule has 1 aliphatic rings. The van der Waals surface area contributed by atoms with Crippen LogP contribution >= 0.6 is 11.8 Å². The molecule has 1 fully saturated rings. The first-order chi connectivity index (χ1) is 13.1. The van der Waals surface area contributed by atoms with Crippen molar-refractivity contribution in [1.29, 1.82) is 0 Å². The summed E-state index contributed by atoms with van der Waals surface area (Å²) in [5.41, 5.74) is 0.885. The Morgan fingerprint density at radius 1 is 0.963 bits per heavy atom. The molecule has 27 heavy (non-hydrogen) atoms. The van der Waals surface area contributed by atoms with Crippen molar-refractivity contribution in [3.8, 4) is 0 Å². The lowest BCUT2D eigenvalue weighted by Crippen LogP contribution is -2.46. The summed E-state index contributed by atoms with van der Waals surface area (Å²) in [5.74, 6) is -0.829. The zero-order valence-electron chi connectivity index (χ0n) is 15.5. The van der Waals surface area contributed by atoms with Gasteiger partial charge in [0, 0.05) is 61.7 Å². The van der Waals surface area contributed by atoms with Crippen LogP contribution in [0, 0.1) is 11.6 Å². The molecular formula is C21H24F2N2OS. The largest absolute Gasteiger partial charge is 0.300 e. The maximum atomic E-state index is 13.8. The minimum atomic E-state index is -0.490. The van der Waals surface area contributed by atoms with Gasteiger partial charge in [-0.2, -0.15) is 0 Å². The SMILES string of the molecule is CSc1ccc(C(=O)CCN2CCN(Cc3c(F)cccc3F)CC2)cc1. The van der Waals surface area contributed by atoms with E-state index in [1.807, 2.05) is 30.5 Å². The van der Waals surface area contributed by atoms with Crippen LogP contribution in [0.5, 0.6) is 0 Å². The van der Waals surface area contributed by atoms with Gasteiger partial charge in [-0.05, 0) is 30.5 Å². The Kier molecular flexibility index (Phi) is 6.99. The van der Waals surface area contributed by atoms with Crippen molar-refractivity contribution in [2.24, 2.45) is 0 Å². The summed E-state index contributed by atoms with van der Waals surface area (Å²) in [5, 5.41) is 0. The summed E-state index contributed by atoms with van der Waals surface area (Å²) in [6, 6.07) is 11.7. The molecule has 0 unspecified atom stereocenters. The summed E-state index contributed by atoms with van der Waals surface area (Å²) in [7, 11) is 0. The summed E-state index contributed by atoms with van der Waals surface area (Å²) in [6.45, 7) is 4.08. The number of ketones is 1. The van der Waals surface area contributed by atoms with Crippen LogP contribution in [0.15, 0.2) is 47.4 Å². The van der Waals surface area contributed by atoms with Crippen LogP contribution in [0.25, 0.3) is 0 Å². The minimum Gasteiger partial charge on any atom is -0.300 e. The van der Waals surface area contributed by atoms with Crippen molar-refractivity contribution in [2.75, 3.05) is 39.0 Å². The van der Waals surface area contributed by atoms with E-state index in [9.17, 15) is 13.6 Å². The molecule has 0 amide bonds. The van der Waals surface area contributed by atoms with Gasteiger partial charge < -0.3 is 4.90 Å². The predicted molar refractivity (Wildman–Crippen MR) is 105 cm³/mol. The fourth-order valence-electron chi connectivity index (χ4n) is 3.26. The van der Waals surface area contributed by atoms with Crippen LogP contribution in [-0.2, 0) is 6.54 Å². The highest BCUT2D eigenvalue weighted by Crippen LogP contribution is 2.17. The van der Waals surface area contributed by atoms with E-state index in [0.29, 0.717) is 13.0 Å². The van der Waals surface area contributed by atoms with Gasteiger partial charge in [-0.25, -0.2) is 8.78 Å². The summed E-state index contributed by atoms with van der Waals surface area (Å²) < 4.78 is 27.6. The molecule has 6 heteroatoms. The van der Waals surface area contributed by atoms with Crippen molar-refractivity contribution >= 4 is 17.5 Å². The van der Waals surface area contributed by atoms with Crippen LogP contribution in [0.2, 0.25) is 0 Å². The number of nitrogens with zero attached hydrogens (tertiary/aromatic N) is 2. The summed E-state index contributed by atoms with van der Waals surface area (Å²) in [6.07, 6.45) is 2.50. The monoisotopic (exact) mass is 390 g/mol. The Morgan fingerprint density at radius 2 is 1.56 bits per heavy atom. The van der Waals surface area contributed by atoms with Crippen molar-refractivity contribution in [2.45, 2.75) is 17.9 Å². The third kappa shape index (κ3) is 5.37. The van der Waals surface area contributed by atoms with Gasteiger partial charge in [0.1, 0.15) is 11.6 Å². The molecule has 0 atom stereocenters. The third-order valence-corrected chi connectivity index (χ3v) is 5.72. The molecule has 0 saturated carbocycles. The average molecular weight is 390 g/mol. The number of carbonyl (C=O) groups excluding carboxylic acids is 1. The van der Waals surface area contributed by atoms with E-state index in [4.69, 9.17) is 0 Å². The zero-order valence-corrected chi connectivity index (χ0v) is 16.3. The van der Waals surface area contributed by atoms with Gasteiger partial charge in [-0.1, -0.05) is 18.2 Å². The lowest BCUT2D eigenvalue weighted by atomic mass is 10.1. The van der Waals surface area contributed by atoms with Crippen LogP contribution in [0.4, 0.5) is 8.78 Å². The maximum absolute atomic E-state index is 13.8. The van der Waals surface area contributed by atoms with Gasteiger partial charge in [-0.15, -0.1) is 11.8 Å². The Morgan fingerprint density at radius 3 is 2.15 bits per heavy atom. The number of piperazine rings is 1. The summed E-state index contributed by atoms with van der Waals surface area (Å²) >= 11 is 1.66. The van der Waals surface area contributed by atoms with E-state index < -0.39 is 11.6 Å². The van der Waals surface area contributed by atoms with Crippen LogP contribution in [0.1, 0.15) is 22.3 Å². The highest BCUT2D eigenvalue weighted by atomic mass is 32.2. The average Bonchev–Trinajstić information content (AvgIpc) is 2.70. The molecule has 0 N–H and O–H groups in total. The van der Waals surface area contributed by atoms with Crippen LogP contribution in [0.3, 0.4) is 0 Å². The first kappa shape index (κ1) is 20.0. The fraction of sp³-hybridized carbons (Fsp3) is 0.381. The van der Waals surface area contributed by atoms with E-state index in [-0.39, 0.29) is 17.9 Å². The van der Waals surface area contributed by atoms with E-state index in [2.05, 4.69) is 9.80 Å². The number of rotatable bonds is 7. The molecule has 0 spiro atoms. The molecule has 0 bridgehead atoms. The van der Waals surface area contributed by atoms with Crippen LogP contribution in [-0.4, -0.2) is 54.6 Å². The molecule has 144 valence electrons. The lowest BCUT2D eigenvalue weighted by Gasteiger charge is -2.34. The number of Topliss-reactive ketones (excluding diaryl/α,β-unsaturated/α-hetero) is 1. The number of carbonyl (C=O) groups is 1. The maximum Gasteiger partial charge on any atom is 0.164 e. The van der Waals surface area contributed by atoms with Gasteiger partial charge in [0.15, 0.2) is 5.78 Å². The highest BCUT2D eigenvalue weighted by Gasteiger charge is 2.20. The Hall–Kier alpha value is -1.76. The van der Waals surface area contributed by atoms with Gasteiger partial charge in [0.25, 0.3) is 0 Å². The van der Waals surface area contributed by atoms with Crippen molar-refractivity contribution in [3.63, 3.8) is 0 Å².